The van der Waals surface area contributed by atoms with Gasteiger partial charge in [0.1, 0.15) is 11.4 Å². The molecule has 0 saturated heterocycles. The SMILES string of the molecule is COc1ccc(-c2[nH]c3c(c2C2C(=O)Nc4ccccc42)c(=O)[nH]c(=O)n3C)cc1. The minimum Gasteiger partial charge on any atom is -0.497 e. The standard InChI is InChI=1S/C22H18N4O4/c1-26-19-17(21(28)25-22(26)29)16(15-13-5-3-4-6-14(13)23-20(15)27)18(24-19)11-7-9-12(30-2)10-8-11/h3-10,15,24H,1-2H3,(H,23,27)(H,25,28,29). The molecule has 5 rings (SSSR count). The second-order valence-electron chi connectivity index (χ2n) is 7.19. The number of aromatic amines is 2. The zero-order valence-electron chi connectivity index (χ0n) is 16.3. The van der Waals surface area contributed by atoms with Gasteiger partial charge < -0.3 is 15.0 Å². The van der Waals surface area contributed by atoms with Crippen molar-refractivity contribution < 1.29 is 9.53 Å². The predicted octanol–water partition coefficient (Wildman–Crippen LogP) is 2.31. The molecule has 3 N–H and O–H groups in total. The summed E-state index contributed by atoms with van der Waals surface area (Å²) < 4.78 is 6.58. The fourth-order valence-electron chi connectivity index (χ4n) is 4.10. The van der Waals surface area contributed by atoms with E-state index in [0.717, 1.165) is 11.1 Å². The summed E-state index contributed by atoms with van der Waals surface area (Å²) in [4.78, 5) is 43.6. The Labute approximate surface area is 170 Å². The molecule has 30 heavy (non-hydrogen) atoms. The maximum Gasteiger partial charge on any atom is 0.329 e. The largest absolute Gasteiger partial charge is 0.497 e. The number of aromatic nitrogens is 3. The van der Waals surface area contributed by atoms with Crippen molar-refractivity contribution in [2.75, 3.05) is 12.4 Å². The van der Waals surface area contributed by atoms with Crippen molar-refractivity contribution >= 4 is 22.6 Å². The van der Waals surface area contributed by atoms with Crippen molar-refractivity contribution in [1.82, 2.24) is 14.5 Å². The lowest BCUT2D eigenvalue weighted by atomic mass is 9.89. The molecular formula is C22H18N4O4. The van der Waals surface area contributed by atoms with E-state index in [-0.39, 0.29) is 5.91 Å². The number of hydrogen-bond acceptors (Lipinski definition) is 4. The van der Waals surface area contributed by atoms with Gasteiger partial charge >= 0.3 is 5.69 Å². The van der Waals surface area contributed by atoms with E-state index in [9.17, 15) is 14.4 Å². The van der Waals surface area contributed by atoms with Gasteiger partial charge in [-0.2, -0.15) is 0 Å². The predicted molar refractivity (Wildman–Crippen MR) is 113 cm³/mol. The summed E-state index contributed by atoms with van der Waals surface area (Å²) >= 11 is 0. The first kappa shape index (κ1) is 18.0. The van der Waals surface area contributed by atoms with E-state index in [1.54, 1.807) is 26.3 Å². The van der Waals surface area contributed by atoms with Crippen LogP contribution in [0, 0.1) is 0 Å². The zero-order chi connectivity index (χ0) is 21.0. The smallest absolute Gasteiger partial charge is 0.329 e. The molecule has 3 heterocycles. The quantitative estimate of drug-likeness (QED) is 0.489. The minimum absolute atomic E-state index is 0.222. The molecule has 0 fully saturated rings. The Balaban J connectivity index is 1.88. The summed E-state index contributed by atoms with van der Waals surface area (Å²) in [7, 11) is 3.15. The number of H-pyrrole nitrogens is 2. The molecule has 4 aromatic rings. The number of fused-ring (bicyclic) bond motifs is 2. The number of nitrogens with zero attached hydrogens (tertiary/aromatic N) is 1. The first-order valence-electron chi connectivity index (χ1n) is 9.38. The molecule has 1 aliphatic heterocycles. The molecule has 1 unspecified atom stereocenters. The molecule has 0 bridgehead atoms. The van der Waals surface area contributed by atoms with Crippen LogP contribution in [-0.4, -0.2) is 27.6 Å². The van der Waals surface area contributed by atoms with Gasteiger partial charge in [-0.1, -0.05) is 18.2 Å². The molecule has 0 spiro atoms. The lowest BCUT2D eigenvalue weighted by molar-refractivity contribution is -0.116. The van der Waals surface area contributed by atoms with Gasteiger partial charge in [-0.05, 0) is 41.5 Å². The maximum atomic E-state index is 13.0. The van der Waals surface area contributed by atoms with E-state index in [1.807, 2.05) is 36.4 Å². The fraction of sp³-hybridized carbons (Fsp3) is 0.136. The number of para-hydroxylation sites is 1. The monoisotopic (exact) mass is 402 g/mol. The van der Waals surface area contributed by atoms with Crippen LogP contribution in [-0.2, 0) is 11.8 Å². The van der Waals surface area contributed by atoms with E-state index < -0.39 is 17.2 Å². The number of carbonyl (C=O) groups is 1. The zero-order valence-corrected chi connectivity index (χ0v) is 16.3. The fourth-order valence-corrected chi connectivity index (χ4v) is 4.10. The Kier molecular flexibility index (Phi) is 3.89. The summed E-state index contributed by atoms with van der Waals surface area (Å²) in [6, 6.07) is 14.7. The summed E-state index contributed by atoms with van der Waals surface area (Å²) in [5, 5.41) is 3.18. The molecule has 150 valence electrons. The molecular weight excluding hydrogens is 384 g/mol. The summed E-state index contributed by atoms with van der Waals surface area (Å²) in [5.74, 6) is -0.226. The van der Waals surface area contributed by atoms with Gasteiger partial charge in [0.15, 0.2) is 0 Å². The Morgan fingerprint density at radius 1 is 0.967 bits per heavy atom. The molecule has 0 radical (unpaired) electrons. The second kappa shape index (κ2) is 6.48. The summed E-state index contributed by atoms with van der Waals surface area (Å²) in [6.07, 6.45) is 0. The van der Waals surface area contributed by atoms with Crippen LogP contribution in [0.15, 0.2) is 58.1 Å². The number of hydrogen-bond donors (Lipinski definition) is 3. The van der Waals surface area contributed by atoms with E-state index in [4.69, 9.17) is 4.74 Å². The number of aryl methyl sites for hydroxylation is 1. The summed E-state index contributed by atoms with van der Waals surface area (Å²) in [5.41, 5.74) is 2.71. The van der Waals surface area contributed by atoms with Crippen molar-refractivity contribution in [2.45, 2.75) is 5.92 Å². The number of carbonyl (C=O) groups excluding carboxylic acids is 1. The van der Waals surface area contributed by atoms with Crippen LogP contribution >= 0.6 is 0 Å². The first-order valence-corrected chi connectivity index (χ1v) is 9.38. The number of ether oxygens (including phenoxy) is 1. The van der Waals surface area contributed by atoms with Crippen LogP contribution in [0.4, 0.5) is 5.69 Å². The third-order valence-electron chi connectivity index (χ3n) is 5.57. The van der Waals surface area contributed by atoms with Crippen molar-refractivity contribution in [3.05, 3.63) is 80.5 Å². The van der Waals surface area contributed by atoms with E-state index in [1.165, 1.54) is 4.57 Å². The first-order chi connectivity index (χ1) is 14.5. The number of benzene rings is 2. The molecule has 0 saturated carbocycles. The Bertz CT molecular complexity index is 1430. The third-order valence-corrected chi connectivity index (χ3v) is 5.57. The molecule has 0 aliphatic carbocycles. The highest BCUT2D eigenvalue weighted by molar-refractivity contribution is 6.08. The molecule has 2 aromatic carbocycles. The lowest BCUT2D eigenvalue weighted by Crippen LogP contribution is -2.28. The Hall–Kier alpha value is -4.07. The van der Waals surface area contributed by atoms with Crippen molar-refractivity contribution in [2.24, 2.45) is 7.05 Å². The Morgan fingerprint density at radius 2 is 1.70 bits per heavy atom. The second-order valence-corrected chi connectivity index (χ2v) is 7.19. The van der Waals surface area contributed by atoms with Gasteiger partial charge in [-0.25, -0.2) is 4.79 Å². The minimum atomic E-state index is -0.689. The van der Waals surface area contributed by atoms with Crippen LogP contribution in [0.3, 0.4) is 0 Å². The van der Waals surface area contributed by atoms with Crippen LogP contribution < -0.4 is 21.3 Å². The highest BCUT2D eigenvalue weighted by atomic mass is 16.5. The number of rotatable bonds is 3. The lowest BCUT2D eigenvalue weighted by Gasteiger charge is -2.12. The van der Waals surface area contributed by atoms with Crippen LogP contribution in [0.25, 0.3) is 22.3 Å². The van der Waals surface area contributed by atoms with Crippen molar-refractivity contribution in [3.8, 4) is 17.0 Å². The van der Waals surface area contributed by atoms with Crippen LogP contribution in [0.5, 0.6) is 5.75 Å². The number of methoxy groups -OCH3 is 1. The molecule has 8 heteroatoms. The van der Waals surface area contributed by atoms with E-state index in [0.29, 0.717) is 33.7 Å². The van der Waals surface area contributed by atoms with Gasteiger partial charge in [0.2, 0.25) is 5.91 Å². The molecule has 2 aromatic heterocycles. The average molecular weight is 402 g/mol. The van der Waals surface area contributed by atoms with Crippen LogP contribution in [0.1, 0.15) is 17.0 Å². The number of nitrogens with one attached hydrogen (secondary N) is 3. The summed E-state index contributed by atoms with van der Waals surface area (Å²) in [6.45, 7) is 0. The highest BCUT2D eigenvalue weighted by Crippen LogP contribution is 2.43. The topological polar surface area (TPSA) is 109 Å². The van der Waals surface area contributed by atoms with Gasteiger partial charge in [-0.3, -0.25) is 19.1 Å². The van der Waals surface area contributed by atoms with Crippen molar-refractivity contribution in [1.29, 1.82) is 0 Å². The van der Waals surface area contributed by atoms with E-state index >= 15 is 0 Å². The third kappa shape index (κ3) is 2.50. The normalized spacial score (nSPS) is 15.3. The highest BCUT2D eigenvalue weighted by Gasteiger charge is 2.37. The molecule has 1 atom stereocenters. The van der Waals surface area contributed by atoms with Crippen LogP contribution in [0.2, 0.25) is 0 Å². The van der Waals surface area contributed by atoms with Gasteiger partial charge in [0, 0.05) is 18.3 Å². The maximum absolute atomic E-state index is 13.0. The Morgan fingerprint density at radius 3 is 2.43 bits per heavy atom. The molecule has 8 nitrogen and oxygen atoms in total. The number of amides is 1. The molecule has 1 amide bonds. The van der Waals surface area contributed by atoms with Gasteiger partial charge in [0.25, 0.3) is 5.56 Å². The van der Waals surface area contributed by atoms with Gasteiger partial charge in [-0.15, -0.1) is 0 Å². The van der Waals surface area contributed by atoms with Crippen molar-refractivity contribution in [3.63, 3.8) is 0 Å². The average Bonchev–Trinajstić information content (AvgIpc) is 3.29. The van der Waals surface area contributed by atoms with Gasteiger partial charge in [0.05, 0.1) is 24.1 Å². The van der Waals surface area contributed by atoms with E-state index in [2.05, 4.69) is 15.3 Å². The molecule has 1 aliphatic rings. The number of anilines is 1.